The van der Waals surface area contributed by atoms with Crippen molar-refractivity contribution in [1.82, 2.24) is 4.98 Å². The number of aromatic nitrogens is 1. The van der Waals surface area contributed by atoms with Crippen LogP contribution in [0, 0.1) is 0 Å². The number of hydrogen-bond donors (Lipinski definition) is 0. The predicted molar refractivity (Wildman–Crippen MR) is 45.6 cm³/mol. The molecule has 11 heavy (non-hydrogen) atoms. The first-order valence-electron chi connectivity index (χ1n) is 4.35. The highest BCUT2D eigenvalue weighted by Gasteiger charge is 2.26. The summed E-state index contributed by atoms with van der Waals surface area (Å²) in [4.78, 5) is 4.41. The molecule has 0 saturated heterocycles. The minimum Gasteiger partial charge on any atom is -0.261 e. The average molecular weight is 147 g/mol. The first-order valence-corrected chi connectivity index (χ1v) is 4.35. The van der Waals surface area contributed by atoms with Crippen LogP contribution in [-0.2, 0) is 6.42 Å². The summed E-state index contributed by atoms with van der Waals surface area (Å²) in [6.07, 6.45) is 5.74. The summed E-state index contributed by atoms with van der Waals surface area (Å²) in [6, 6.07) is 4.23. The van der Waals surface area contributed by atoms with Crippen LogP contribution in [-0.4, -0.2) is 4.98 Å². The normalized spacial score (nSPS) is 16.8. The van der Waals surface area contributed by atoms with Crippen molar-refractivity contribution in [2.24, 2.45) is 0 Å². The zero-order valence-corrected chi connectivity index (χ0v) is 6.88. The van der Waals surface area contributed by atoms with Crippen molar-refractivity contribution in [3.63, 3.8) is 0 Å². The molecule has 0 atom stereocenters. The molecule has 0 radical (unpaired) electrons. The zero-order chi connectivity index (χ0) is 7.68. The minimum atomic E-state index is 0.797. The molecule has 0 N–H and O–H groups in total. The Morgan fingerprint density at radius 1 is 1.55 bits per heavy atom. The molecule has 58 valence electrons. The van der Waals surface area contributed by atoms with Gasteiger partial charge < -0.3 is 0 Å². The topological polar surface area (TPSA) is 12.9 Å². The van der Waals surface area contributed by atoms with Gasteiger partial charge in [0.05, 0.1) is 0 Å². The monoisotopic (exact) mass is 147 g/mol. The van der Waals surface area contributed by atoms with E-state index in [2.05, 4.69) is 18.0 Å². The van der Waals surface area contributed by atoms with Crippen LogP contribution in [0.1, 0.15) is 36.9 Å². The highest BCUT2D eigenvalue weighted by Crippen LogP contribution is 2.40. The Morgan fingerprint density at radius 2 is 2.36 bits per heavy atom. The third-order valence-corrected chi connectivity index (χ3v) is 2.27. The molecule has 1 aliphatic rings. The van der Waals surface area contributed by atoms with Crippen LogP contribution in [0.5, 0.6) is 0 Å². The van der Waals surface area contributed by atoms with Gasteiger partial charge in [-0.2, -0.15) is 0 Å². The van der Waals surface area contributed by atoms with Crippen molar-refractivity contribution in [3.8, 4) is 0 Å². The van der Waals surface area contributed by atoms with Crippen molar-refractivity contribution >= 4 is 0 Å². The van der Waals surface area contributed by atoms with E-state index in [1.165, 1.54) is 24.1 Å². The quantitative estimate of drug-likeness (QED) is 0.626. The number of nitrogens with zero attached hydrogens (tertiary/aromatic N) is 1. The van der Waals surface area contributed by atoms with E-state index >= 15 is 0 Å². The summed E-state index contributed by atoms with van der Waals surface area (Å²) in [5.74, 6) is 0.797. The predicted octanol–water partition coefficient (Wildman–Crippen LogP) is 2.52. The van der Waals surface area contributed by atoms with Gasteiger partial charge in [-0.15, -0.1) is 0 Å². The molecule has 1 saturated carbocycles. The summed E-state index contributed by atoms with van der Waals surface area (Å²) in [7, 11) is 0. The smallest absolute Gasteiger partial charge is 0.0466 e. The van der Waals surface area contributed by atoms with Crippen molar-refractivity contribution in [2.45, 2.75) is 32.1 Å². The van der Waals surface area contributed by atoms with Gasteiger partial charge in [-0.1, -0.05) is 13.0 Å². The van der Waals surface area contributed by atoms with E-state index in [1.807, 2.05) is 12.3 Å². The lowest BCUT2D eigenvalue weighted by molar-refractivity contribution is 0.954. The standard InChI is InChI=1S/C10H13N/c1-2-8-4-3-7-11-10(8)9-5-6-9/h3-4,7,9H,2,5-6H2,1H3. The van der Waals surface area contributed by atoms with Crippen LogP contribution in [0.3, 0.4) is 0 Å². The summed E-state index contributed by atoms with van der Waals surface area (Å²) < 4.78 is 0. The second-order valence-corrected chi connectivity index (χ2v) is 3.18. The van der Waals surface area contributed by atoms with Crippen LogP contribution in [0.25, 0.3) is 0 Å². The Labute approximate surface area is 67.5 Å². The van der Waals surface area contributed by atoms with E-state index in [4.69, 9.17) is 0 Å². The molecule has 0 aromatic carbocycles. The highest BCUT2D eigenvalue weighted by molar-refractivity contribution is 5.26. The van der Waals surface area contributed by atoms with Crippen molar-refractivity contribution in [2.75, 3.05) is 0 Å². The van der Waals surface area contributed by atoms with Gasteiger partial charge >= 0.3 is 0 Å². The van der Waals surface area contributed by atoms with Crippen LogP contribution >= 0.6 is 0 Å². The fraction of sp³-hybridized carbons (Fsp3) is 0.500. The maximum atomic E-state index is 4.41. The van der Waals surface area contributed by atoms with Crippen LogP contribution in [0.4, 0.5) is 0 Å². The van der Waals surface area contributed by atoms with Gasteiger partial charge in [-0.25, -0.2) is 0 Å². The Hall–Kier alpha value is -0.850. The lowest BCUT2D eigenvalue weighted by Gasteiger charge is -2.02. The molecule has 0 bridgehead atoms. The van der Waals surface area contributed by atoms with Crippen LogP contribution < -0.4 is 0 Å². The lowest BCUT2D eigenvalue weighted by atomic mass is 10.1. The van der Waals surface area contributed by atoms with E-state index < -0.39 is 0 Å². The summed E-state index contributed by atoms with van der Waals surface area (Å²) in [6.45, 7) is 2.20. The average Bonchev–Trinajstić information content (AvgIpc) is 2.87. The van der Waals surface area contributed by atoms with Gasteiger partial charge in [0.15, 0.2) is 0 Å². The van der Waals surface area contributed by atoms with E-state index in [0.717, 1.165) is 12.3 Å². The molecule has 1 heteroatoms. The number of pyridine rings is 1. The molecule has 1 fully saturated rings. The van der Waals surface area contributed by atoms with Gasteiger partial charge in [0.2, 0.25) is 0 Å². The Kier molecular flexibility index (Phi) is 1.65. The molecule has 0 amide bonds. The zero-order valence-electron chi connectivity index (χ0n) is 6.88. The van der Waals surface area contributed by atoms with E-state index in [-0.39, 0.29) is 0 Å². The SMILES string of the molecule is CCc1cccnc1C1CC1. The molecule has 1 nitrogen and oxygen atoms in total. The minimum absolute atomic E-state index is 0.797. The molecule has 0 unspecified atom stereocenters. The number of aryl methyl sites for hydroxylation is 1. The van der Waals surface area contributed by atoms with E-state index in [9.17, 15) is 0 Å². The first-order chi connectivity index (χ1) is 5.42. The maximum absolute atomic E-state index is 4.41. The third kappa shape index (κ3) is 1.28. The molecular formula is C10H13N. The second kappa shape index (κ2) is 2.65. The molecule has 1 aromatic heterocycles. The molecular weight excluding hydrogens is 134 g/mol. The summed E-state index contributed by atoms with van der Waals surface area (Å²) in [5.41, 5.74) is 2.80. The molecule has 1 aromatic rings. The highest BCUT2D eigenvalue weighted by atomic mass is 14.7. The van der Waals surface area contributed by atoms with Gasteiger partial charge in [-0.3, -0.25) is 4.98 Å². The second-order valence-electron chi connectivity index (χ2n) is 3.18. The van der Waals surface area contributed by atoms with Crippen LogP contribution in [0.2, 0.25) is 0 Å². The van der Waals surface area contributed by atoms with Gasteiger partial charge in [0, 0.05) is 17.8 Å². The Bertz CT molecular complexity index is 251. The number of rotatable bonds is 2. The third-order valence-electron chi connectivity index (χ3n) is 2.27. The molecule has 0 aliphatic heterocycles. The van der Waals surface area contributed by atoms with Crippen molar-refractivity contribution < 1.29 is 0 Å². The van der Waals surface area contributed by atoms with E-state index in [1.54, 1.807) is 0 Å². The van der Waals surface area contributed by atoms with Crippen molar-refractivity contribution in [1.29, 1.82) is 0 Å². The molecule has 1 aliphatic carbocycles. The Morgan fingerprint density at radius 3 is 3.00 bits per heavy atom. The molecule has 2 rings (SSSR count). The summed E-state index contributed by atoms with van der Waals surface area (Å²) >= 11 is 0. The fourth-order valence-electron chi connectivity index (χ4n) is 1.47. The summed E-state index contributed by atoms with van der Waals surface area (Å²) in [5, 5.41) is 0. The maximum Gasteiger partial charge on any atom is 0.0466 e. The van der Waals surface area contributed by atoms with Gasteiger partial charge in [0.25, 0.3) is 0 Å². The largest absolute Gasteiger partial charge is 0.261 e. The fourth-order valence-corrected chi connectivity index (χ4v) is 1.47. The van der Waals surface area contributed by atoms with Gasteiger partial charge in [-0.05, 0) is 30.9 Å². The molecule has 1 heterocycles. The molecule has 0 spiro atoms. The van der Waals surface area contributed by atoms with Crippen LogP contribution in [0.15, 0.2) is 18.3 Å². The van der Waals surface area contributed by atoms with Gasteiger partial charge in [0.1, 0.15) is 0 Å². The lowest BCUT2D eigenvalue weighted by Crippen LogP contribution is -1.92. The van der Waals surface area contributed by atoms with Crippen molar-refractivity contribution in [3.05, 3.63) is 29.6 Å². The van der Waals surface area contributed by atoms with E-state index in [0.29, 0.717) is 0 Å². The first kappa shape index (κ1) is 6.84. The number of hydrogen-bond acceptors (Lipinski definition) is 1. The Balaban J connectivity index is 2.34.